The lowest BCUT2D eigenvalue weighted by atomic mass is 9.92. The molecule has 4 nitrogen and oxygen atoms in total. The molecule has 0 radical (unpaired) electrons. The number of piperidine rings is 1. The molecule has 1 aromatic heterocycles. The molecule has 1 fully saturated rings. The van der Waals surface area contributed by atoms with Gasteiger partial charge in [0.05, 0.1) is 23.9 Å². The molecule has 0 spiro atoms. The number of halogens is 1. The number of hydrogen-bond donors (Lipinski definition) is 1. The first-order valence-electron chi connectivity index (χ1n) is 7.57. The van der Waals surface area contributed by atoms with Crippen LogP contribution in [0.4, 0.5) is 0 Å². The summed E-state index contributed by atoms with van der Waals surface area (Å²) < 4.78 is 6.48. The number of thiazole rings is 1. The molecule has 0 bridgehead atoms. The first kappa shape index (κ1) is 17.5. The second-order valence-corrected chi connectivity index (χ2v) is 7.05. The number of methoxy groups -OCH3 is 1. The van der Waals surface area contributed by atoms with Crippen molar-refractivity contribution in [1.82, 2.24) is 9.88 Å². The summed E-state index contributed by atoms with van der Waals surface area (Å²) >= 11 is 1.77. The van der Waals surface area contributed by atoms with Gasteiger partial charge in [0, 0.05) is 12.6 Å². The smallest absolute Gasteiger partial charge is 0.120 e. The molecule has 6 heteroatoms. The van der Waals surface area contributed by atoms with Gasteiger partial charge in [0.1, 0.15) is 10.8 Å². The van der Waals surface area contributed by atoms with Gasteiger partial charge in [0.15, 0.2) is 0 Å². The van der Waals surface area contributed by atoms with Crippen molar-refractivity contribution in [3.8, 4) is 5.75 Å². The van der Waals surface area contributed by atoms with Crippen LogP contribution in [0.25, 0.3) is 10.2 Å². The molecule has 2 unspecified atom stereocenters. The largest absolute Gasteiger partial charge is 0.497 e. The van der Waals surface area contributed by atoms with Crippen molar-refractivity contribution in [2.75, 3.05) is 20.2 Å². The van der Waals surface area contributed by atoms with Gasteiger partial charge < -0.3 is 10.5 Å². The van der Waals surface area contributed by atoms with Crippen molar-refractivity contribution >= 4 is 34.0 Å². The third-order valence-electron chi connectivity index (χ3n) is 4.28. The number of fused-ring (bicyclic) bond motifs is 1. The van der Waals surface area contributed by atoms with E-state index in [0.29, 0.717) is 5.92 Å². The topological polar surface area (TPSA) is 51.4 Å². The molecular formula is C16H24ClN3OS. The van der Waals surface area contributed by atoms with Crippen molar-refractivity contribution in [1.29, 1.82) is 0 Å². The van der Waals surface area contributed by atoms with Crippen LogP contribution >= 0.6 is 23.7 Å². The van der Waals surface area contributed by atoms with E-state index in [-0.39, 0.29) is 18.4 Å². The Bertz CT molecular complexity index is 616. The zero-order valence-electron chi connectivity index (χ0n) is 13.1. The summed E-state index contributed by atoms with van der Waals surface area (Å²) in [6.07, 6.45) is 2.50. The number of benzene rings is 1. The Morgan fingerprint density at radius 1 is 1.50 bits per heavy atom. The minimum absolute atomic E-state index is 0. The molecule has 2 aromatic rings. The quantitative estimate of drug-likeness (QED) is 0.927. The minimum atomic E-state index is 0. The maximum absolute atomic E-state index is 6.06. The normalized spacial score (nSPS) is 20.6. The van der Waals surface area contributed by atoms with Gasteiger partial charge in [-0.2, -0.15) is 0 Å². The van der Waals surface area contributed by atoms with E-state index in [1.165, 1.54) is 22.5 Å². The zero-order valence-corrected chi connectivity index (χ0v) is 14.8. The maximum atomic E-state index is 6.06. The van der Waals surface area contributed by atoms with Gasteiger partial charge in [0.25, 0.3) is 0 Å². The molecule has 1 aromatic carbocycles. The number of ether oxygens (including phenoxy) is 1. The fourth-order valence-electron chi connectivity index (χ4n) is 3.00. The Balaban J connectivity index is 0.00000176. The third-order valence-corrected chi connectivity index (χ3v) is 5.29. The van der Waals surface area contributed by atoms with Crippen LogP contribution in [0, 0.1) is 5.92 Å². The van der Waals surface area contributed by atoms with E-state index in [1.807, 2.05) is 12.1 Å². The SMILES string of the molecule is COc1ccc2nc(CN3CCCC(C(C)N)C3)sc2c1.Cl. The van der Waals surface area contributed by atoms with Crippen LogP contribution in [0.1, 0.15) is 24.8 Å². The Morgan fingerprint density at radius 2 is 2.32 bits per heavy atom. The van der Waals surface area contributed by atoms with E-state index >= 15 is 0 Å². The van der Waals surface area contributed by atoms with Crippen molar-refractivity contribution < 1.29 is 4.74 Å². The summed E-state index contributed by atoms with van der Waals surface area (Å²) in [5.74, 6) is 1.51. The monoisotopic (exact) mass is 341 g/mol. The first-order valence-corrected chi connectivity index (χ1v) is 8.39. The summed E-state index contributed by atoms with van der Waals surface area (Å²) in [6, 6.07) is 6.36. The highest BCUT2D eigenvalue weighted by Gasteiger charge is 2.23. The van der Waals surface area contributed by atoms with Crippen LogP contribution in [0.2, 0.25) is 0 Å². The average molecular weight is 342 g/mol. The van der Waals surface area contributed by atoms with E-state index in [0.717, 1.165) is 30.9 Å². The second-order valence-electron chi connectivity index (χ2n) is 5.94. The molecule has 0 aliphatic carbocycles. The summed E-state index contributed by atoms with van der Waals surface area (Å²) in [6.45, 7) is 5.31. The highest BCUT2D eigenvalue weighted by molar-refractivity contribution is 7.18. The number of aromatic nitrogens is 1. The lowest BCUT2D eigenvalue weighted by molar-refractivity contribution is 0.154. The molecular weight excluding hydrogens is 318 g/mol. The van der Waals surface area contributed by atoms with Crippen LogP contribution in [0.5, 0.6) is 5.75 Å². The fourth-order valence-corrected chi connectivity index (χ4v) is 4.04. The Hall–Kier alpha value is -0.880. The van der Waals surface area contributed by atoms with Crippen molar-refractivity contribution in [2.24, 2.45) is 11.7 Å². The molecule has 0 amide bonds. The Morgan fingerprint density at radius 3 is 3.05 bits per heavy atom. The van der Waals surface area contributed by atoms with Crippen LogP contribution in [0.3, 0.4) is 0 Å². The third kappa shape index (κ3) is 3.90. The number of nitrogens with two attached hydrogens (primary N) is 1. The van der Waals surface area contributed by atoms with Crippen LogP contribution in [-0.2, 0) is 6.54 Å². The van der Waals surface area contributed by atoms with Gasteiger partial charge in [-0.05, 0) is 50.4 Å². The lowest BCUT2D eigenvalue weighted by Gasteiger charge is -2.34. The fraction of sp³-hybridized carbons (Fsp3) is 0.562. The summed E-state index contributed by atoms with van der Waals surface area (Å²) in [4.78, 5) is 7.23. The van der Waals surface area contributed by atoms with Gasteiger partial charge in [0.2, 0.25) is 0 Å². The number of hydrogen-bond acceptors (Lipinski definition) is 5. The molecule has 1 saturated heterocycles. The molecule has 1 aliphatic heterocycles. The van der Waals surface area contributed by atoms with Crippen LogP contribution in [-0.4, -0.2) is 36.1 Å². The molecule has 2 N–H and O–H groups in total. The number of likely N-dealkylation sites (tertiary alicyclic amines) is 1. The highest BCUT2D eigenvalue weighted by Crippen LogP contribution is 2.28. The molecule has 1 aliphatic rings. The lowest BCUT2D eigenvalue weighted by Crippen LogP contribution is -2.41. The van der Waals surface area contributed by atoms with Crippen molar-refractivity contribution in [3.63, 3.8) is 0 Å². The zero-order chi connectivity index (χ0) is 14.8. The maximum Gasteiger partial charge on any atom is 0.120 e. The number of rotatable bonds is 4. The van der Waals surface area contributed by atoms with E-state index in [4.69, 9.17) is 15.5 Å². The summed E-state index contributed by atoms with van der Waals surface area (Å²) in [5.41, 5.74) is 7.13. The number of nitrogens with zero attached hydrogens (tertiary/aromatic N) is 2. The van der Waals surface area contributed by atoms with E-state index in [9.17, 15) is 0 Å². The summed E-state index contributed by atoms with van der Waals surface area (Å²) in [7, 11) is 1.70. The highest BCUT2D eigenvalue weighted by atomic mass is 35.5. The van der Waals surface area contributed by atoms with E-state index in [1.54, 1.807) is 18.4 Å². The van der Waals surface area contributed by atoms with Gasteiger partial charge in [-0.1, -0.05) is 0 Å². The predicted molar refractivity (Wildman–Crippen MR) is 95.1 cm³/mol. The van der Waals surface area contributed by atoms with Gasteiger partial charge in [-0.25, -0.2) is 4.98 Å². The van der Waals surface area contributed by atoms with Gasteiger partial charge in [-0.15, -0.1) is 23.7 Å². The minimum Gasteiger partial charge on any atom is -0.497 e. The molecule has 2 heterocycles. The molecule has 122 valence electrons. The Labute approximate surface area is 142 Å². The van der Waals surface area contributed by atoms with E-state index < -0.39 is 0 Å². The first-order chi connectivity index (χ1) is 10.2. The molecule has 0 saturated carbocycles. The standard InChI is InChI=1S/C16H23N3OS.ClH/c1-11(17)12-4-3-7-19(9-12)10-16-18-14-6-5-13(20-2)8-15(14)21-16;/h5-6,8,11-12H,3-4,7,9-10,17H2,1-2H3;1H. The van der Waals surface area contributed by atoms with Crippen LogP contribution in [0.15, 0.2) is 18.2 Å². The van der Waals surface area contributed by atoms with Gasteiger partial charge >= 0.3 is 0 Å². The predicted octanol–water partition coefficient (Wildman–Crippen LogP) is 3.29. The summed E-state index contributed by atoms with van der Waals surface area (Å²) in [5, 5.41) is 1.18. The molecule has 22 heavy (non-hydrogen) atoms. The molecule has 3 rings (SSSR count). The molecule has 2 atom stereocenters. The van der Waals surface area contributed by atoms with Crippen molar-refractivity contribution in [2.45, 2.75) is 32.4 Å². The second kappa shape index (κ2) is 7.59. The van der Waals surface area contributed by atoms with Gasteiger partial charge in [-0.3, -0.25) is 4.90 Å². The van der Waals surface area contributed by atoms with Crippen molar-refractivity contribution in [3.05, 3.63) is 23.2 Å². The Kier molecular flexibility index (Phi) is 6.03. The van der Waals surface area contributed by atoms with E-state index in [2.05, 4.69) is 17.9 Å². The average Bonchev–Trinajstić information content (AvgIpc) is 2.88. The van der Waals surface area contributed by atoms with Crippen LogP contribution < -0.4 is 10.5 Å².